The summed E-state index contributed by atoms with van der Waals surface area (Å²) in [6.45, 7) is 0.707. The monoisotopic (exact) mass is 290 g/mol. The largest absolute Gasteiger partial charge is 0.319 e. The van der Waals surface area contributed by atoms with Crippen LogP contribution < -0.4 is 10.6 Å². The molecule has 5 heteroatoms. The van der Waals surface area contributed by atoms with Gasteiger partial charge in [0.25, 0.3) is 5.91 Å². The lowest BCUT2D eigenvalue weighted by molar-refractivity contribution is 0.102. The van der Waals surface area contributed by atoms with E-state index in [-0.39, 0.29) is 0 Å². The number of carbonyl (C=O) groups is 1. The van der Waals surface area contributed by atoms with Crippen molar-refractivity contribution in [2.24, 2.45) is 0 Å². The maximum absolute atomic E-state index is 13.6. The number of benzene rings is 2. The van der Waals surface area contributed by atoms with Crippen LogP contribution in [0.1, 0.15) is 15.9 Å². The molecule has 0 aliphatic carbocycles. The summed E-state index contributed by atoms with van der Waals surface area (Å²) in [5, 5.41) is 5.30. The van der Waals surface area contributed by atoms with Crippen LogP contribution in [0.2, 0.25) is 0 Å². The quantitative estimate of drug-likeness (QED) is 0.889. The number of hydrogen-bond acceptors (Lipinski definition) is 2. The smallest absolute Gasteiger partial charge is 0.256 e. The summed E-state index contributed by atoms with van der Waals surface area (Å²) < 4.78 is 27.1. The van der Waals surface area contributed by atoms with Gasteiger partial charge in [0.05, 0.1) is 0 Å². The molecule has 0 heterocycles. The number of hydrogen-bond donors (Lipinski definition) is 2. The molecule has 0 aliphatic rings. The summed E-state index contributed by atoms with van der Waals surface area (Å²) in [5.41, 5.74) is 0.808. The van der Waals surface area contributed by atoms with Crippen LogP contribution in [0.5, 0.6) is 0 Å². The van der Waals surface area contributed by atoms with Gasteiger partial charge in [-0.1, -0.05) is 24.3 Å². The molecule has 2 aromatic carbocycles. The zero-order chi connectivity index (χ0) is 15.2. The molecule has 2 N–H and O–H groups in total. The van der Waals surface area contributed by atoms with Crippen LogP contribution >= 0.6 is 0 Å². The molecule has 0 spiro atoms. The van der Waals surface area contributed by atoms with E-state index in [0.717, 1.165) is 17.7 Å². The highest BCUT2D eigenvalue weighted by Crippen LogP contribution is 2.20. The second-order valence-corrected chi connectivity index (χ2v) is 4.56. The molecule has 0 aliphatic heterocycles. The topological polar surface area (TPSA) is 41.1 Å². The highest BCUT2D eigenvalue weighted by molar-refractivity contribution is 6.05. The number of para-hydroxylation sites is 1. The Morgan fingerprint density at radius 1 is 1.05 bits per heavy atom. The molecule has 0 aromatic heterocycles. The van der Waals surface area contributed by atoms with Gasteiger partial charge in [-0.3, -0.25) is 4.79 Å². The number of carbonyl (C=O) groups excluding carboxylic acids is 1. The van der Waals surface area contributed by atoms with Crippen molar-refractivity contribution < 1.29 is 13.6 Å². The van der Waals surface area contributed by atoms with Crippen LogP contribution in [-0.2, 0) is 6.42 Å². The first-order valence-corrected chi connectivity index (χ1v) is 6.61. The number of rotatable bonds is 5. The Labute approximate surface area is 122 Å². The van der Waals surface area contributed by atoms with Gasteiger partial charge in [0.1, 0.15) is 17.3 Å². The Hall–Kier alpha value is -2.27. The van der Waals surface area contributed by atoms with Gasteiger partial charge in [-0.2, -0.15) is 0 Å². The van der Waals surface area contributed by atoms with Gasteiger partial charge < -0.3 is 10.6 Å². The Morgan fingerprint density at radius 3 is 2.38 bits per heavy atom. The van der Waals surface area contributed by atoms with Crippen molar-refractivity contribution in [2.45, 2.75) is 6.42 Å². The molecular weight excluding hydrogens is 274 g/mol. The molecule has 3 nitrogen and oxygen atoms in total. The zero-order valence-electron chi connectivity index (χ0n) is 11.6. The molecule has 1 amide bonds. The third-order valence-corrected chi connectivity index (χ3v) is 3.11. The van der Waals surface area contributed by atoms with Gasteiger partial charge in [0, 0.05) is 5.56 Å². The van der Waals surface area contributed by atoms with Crippen LogP contribution in [0, 0.1) is 11.6 Å². The lowest BCUT2D eigenvalue weighted by atomic mass is 10.0. The molecule has 0 unspecified atom stereocenters. The van der Waals surface area contributed by atoms with E-state index in [2.05, 4.69) is 10.6 Å². The van der Waals surface area contributed by atoms with Crippen LogP contribution in [0.25, 0.3) is 0 Å². The summed E-state index contributed by atoms with van der Waals surface area (Å²) >= 11 is 0. The van der Waals surface area contributed by atoms with Crippen molar-refractivity contribution in [3.05, 3.63) is 65.2 Å². The summed E-state index contributed by atoms with van der Waals surface area (Å²) in [6.07, 6.45) is 0.653. The molecule has 0 saturated carbocycles. The van der Waals surface area contributed by atoms with E-state index in [1.54, 1.807) is 12.1 Å². The van der Waals surface area contributed by atoms with E-state index in [4.69, 9.17) is 0 Å². The minimum absolute atomic E-state index is 0.412. The van der Waals surface area contributed by atoms with Crippen LogP contribution in [0.4, 0.5) is 14.5 Å². The molecule has 2 rings (SSSR count). The third kappa shape index (κ3) is 3.64. The lowest BCUT2D eigenvalue weighted by Crippen LogP contribution is -2.18. The predicted octanol–water partition coefficient (Wildman–Crippen LogP) is 2.98. The normalized spacial score (nSPS) is 10.4. The highest BCUT2D eigenvalue weighted by atomic mass is 19.1. The van der Waals surface area contributed by atoms with Crippen molar-refractivity contribution in [1.29, 1.82) is 0 Å². The SMILES string of the molecule is CNCCc1ccccc1C(=O)Nc1c(F)cccc1F. The fourth-order valence-electron chi connectivity index (χ4n) is 2.02. The van der Waals surface area contributed by atoms with Crippen LogP contribution in [0.15, 0.2) is 42.5 Å². The van der Waals surface area contributed by atoms with Gasteiger partial charge in [0.2, 0.25) is 0 Å². The van der Waals surface area contributed by atoms with E-state index < -0.39 is 23.2 Å². The average Bonchev–Trinajstić information content (AvgIpc) is 2.49. The van der Waals surface area contributed by atoms with Gasteiger partial charge >= 0.3 is 0 Å². The van der Waals surface area contributed by atoms with Crippen LogP contribution in [-0.4, -0.2) is 19.5 Å². The van der Waals surface area contributed by atoms with Crippen molar-refractivity contribution in [2.75, 3.05) is 18.9 Å². The van der Waals surface area contributed by atoms with Gasteiger partial charge in [-0.25, -0.2) is 8.78 Å². The fraction of sp³-hybridized carbons (Fsp3) is 0.188. The van der Waals surface area contributed by atoms with E-state index in [1.807, 2.05) is 19.2 Å². The molecule has 2 aromatic rings. The standard InChI is InChI=1S/C16H16F2N2O/c1-19-10-9-11-5-2-3-6-12(11)16(21)20-15-13(17)7-4-8-14(15)18/h2-8,19H,9-10H2,1H3,(H,20,21). The molecule has 0 radical (unpaired) electrons. The van der Waals surface area contributed by atoms with Gasteiger partial charge in [-0.15, -0.1) is 0 Å². The maximum Gasteiger partial charge on any atom is 0.256 e. The summed E-state index contributed by atoms with van der Waals surface area (Å²) in [4.78, 5) is 12.2. The van der Waals surface area contributed by atoms with Crippen molar-refractivity contribution >= 4 is 11.6 Å². The number of likely N-dealkylation sites (N-methyl/N-ethyl adjacent to an activating group) is 1. The molecule has 0 saturated heterocycles. The average molecular weight is 290 g/mol. The number of halogens is 2. The lowest BCUT2D eigenvalue weighted by Gasteiger charge is -2.11. The molecule has 110 valence electrons. The Bertz CT molecular complexity index is 624. The predicted molar refractivity (Wildman–Crippen MR) is 78.4 cm³/mol. The fourth-order valence-corrected chi connectivity index (χ4v) is 2.02. The molecule has 0 atom stereocenters. The first-order valence-electron chi connectivity index (χ1n) is 6.61. The minimum Gasteiger partial charge on any atom is -0.319 e. The third-order valence-electron chi connectivity index (χ3n) is 3.11. The molecular formula is C16H16F2N2O. The Kier molecular flexibility index (Phi) is 5.00. The zero-order valence-corrected chi connectivity index (χ0v) is 11.6. The maximum atomic E-state index is 13.6. The second-order valence-electron chi connectivity index (χ2n) is 4.56. The number of nitrogens with one attached hydrogen (secondary N) is 2. The van der Waals surface area contributed by atoms with E-state index in [9.17, 15) is 13.6 Å². The Morgan fingerprint density at radius 2 is 1.71 bits per heavy atom. The molecule has 0 bridgehead atoms. The van der Waals surface area contributed by atoms with E-state index in [1.165, 1.54) is 6.07 Å². The van der Waals surface area contributed by atoms with Gasteiger partial charge in [-0.05, 0) is 43.8 Å². The summed E-state index contributed by atoms with van der Waals surface area (Å²) in [7, 11) is 1.82. The van der Waals surface area contributed by atoms with Crippen molar-refractivity contribution in [1.82, 2.24) is 5.32 Å². The number of anilines is 1. The Balaban J connectivity index is 2.25. The first-order chi connectivity index (χ1) is 10.1. The molecule has 0 fully saturated rings. The molecule has 21 heavy (non-hydrogen) atoms. The summed E-state index contributed by atoms with van der Waals surface area (Å²) in [5.74, 6) is -2.11. The van der Waals surface area contributed by atoms with Gasteiger partial charge in [0.15, 0.2) is 0 Å². The van der Waals surface area contributed by atoms with Crippen LogP contribution in [0.3, 0.4) is 0 Å². The van der Waals surface area contributed by atoms with Crippen molar-refractivity contribution in [3.63, 3.8) is 0 Å². The van der Waals surface area contributed by atoms with E-state index in [0.29, 0.717) is 18.5 Å². The highest BCUT2D eigenvalue weighted by Gasteiger charge is 2.15. The van der Waals surface area contributed by atoms with E-state index >= 15 is 0 Å². The minimum atomic E-state index is -0.795. The second kappa shape index (κ2) is 6.95. The first kappa shape index (κ1) is 15.1. The summed E-state index contributed by atoms with van der Waals surface area (Å²) in [6, 6.07) is 10.5. The number of amides is 1. The van der Waals surface area contributed by atoms with Crippen molar-refractivity contribution in [3.8, 4) is 0 Å².